The molecule has 2 nitrogen and oxygen atoms in total. The molecule has 0 aromatic heterocycles. The summed E-state index contributed by atoms with van der Waals surface area (Å²) in [5.74, 6) is 0.321. The van der Waals surface area contributed by atoms with Crippen LogP contribution >= 0.6 is 0 Å². The maximum absolute atomic E-state index is 9.86. The van der Waals surface area contributed by atoms with E-state index in [9.17, 15) is 5.11 Å². The van der Waals surface area contributed by atoms with E-state index in [0.717, 1.165) is 12.8 Å². The van der Waals surface area contributed by atoms with E-state index in [0.29, 0.717) is 5.92 Å². The number of rotatable bonds is 2. The average Bonchev–Trinajstić information content (AvgIpc) is 2.03. The highest BCUT2D eigenvalue weighted by Crippen LogP contribution is 2.32. The summed E-state index contributed by atoms with van der Waals surface area (Å²) in [5.41, 5.74) is 0.705. The standard InChI is InChI=1S/C11H20O2/c1-8-5-6-9(11(2,3)12)7-10(8)13-4/h5,9-10,12H,6-7H2,1-4H3/t9-,10+/m1/s1. The second kappa shape index (κ2) is 3.81. The Kier molecular flexibility index (Phi) is 3.14. The fourth-order valence-electron chi connectivity index (χ4n) is 1.86. The van der Waals surface area contributed by atoms with Crippen molar-refractivity contribution in [3.63, 3.8) is 0 Å². The molecule has 1 N–H and O–H groups in total. The molecule has 0 heterocycles. The third kappa shape index (κ3) is 2.55. The van der Waals surface area contributed by atoms with Crippen molar-refractivity contribution >= 4 is 0 Å². The van der Waals surface area contributed by atoms with E-state index in [2.05, 4.69) is 13.0 Å². The SMILES string of the molecule is CO[C@H]1C[C@H](C(C)(C)O)CC=C1C. The maximum Gasteiger partial charge on any atom is 0.0782 e. The van der Waals surface area contributed by atoms with Crippen molar-refractivity contribution in [2.75, 3.05) is 7.11 Å². The Morgan fingerprint density at radius 1 is 1.54 bits per heavy atom. The second-order valence-corrected chi connectivity index (χ2v) is 4.49. The van der Waals surface area contributed by atoms with Crippen LogP contribution in [0.5, 0.6) is 0 Å². The number of aliphatic hydroxyl groups is 1. The third-order valence-corrected chi connectivity index (χ3v) is 3.01. The van der Waals surface area contributed by atoms with E-state index in [4.69, 9.17) is 4.74 Å². The zero-order valence-corrected chi connectivity index (χ0v) is 9.00. The van der Waals surface area contributed by atoms with Crippen LogP contribution in [0.25, 0.3) is 0 Å². The molecule has 0 fully saturated rings. The Balaban J connectivity index is 2.68. The van der Waals surface area contributed by atoms with E-state index in [-0.39, 0.29) is 6.10 Å². The van der Waals surface area contributed by atoms with E-state index < -0.39 is 5.60 Å². The molecular weight excluding hydrogens is 164 g/mol. The Morgan fingerprint density at radius 2 is 2.15 bits per heavy atom. The van der Waals surface area contributed by atoms with E-state index in [1.165, 1.54) is 5.57 Å². The molecule has 0 aromatic carbocycles. The summed E-state index contributed by atoms with van der Waals surface area (Å²) < 4.78 is 5.35. The van der Waals surface area contributed by atoms with Gasteiger partial charge in [0, 0.05) is 7.11 Å². The van der Waals surface area contributed by atoms with Gasteiger partial charge in [-0.05, 0) is 45.1 Å². The zero-order valence-electron chi connectivity index (χ0n) is 9.00. The Labute approximate surface area is 80.6 Å². The molecule has 1 aliphatic rings. The summed E-state index contributed by atoms with van der Waals surface area (Å²) in [4.78, 5) is 0. The summed E-state index contributed by atoms with van der Waals surface area (Å²) >= 11 is 0. The first kappa shape index (κ1) is 10.7. The smallest absolute Gasteiger partial charge is 0.0782 e. The summed E-state index contributed by atoms with van der Waals surface area (Å²) in [5, 5.41) is 9.86. The maximum atomic E-state index is 9.86. The molecule has 0 aliphatic heterocycles. The summed E-state index contributed by atoms with van der Waals surface area (Å²) in [7, 11) is 1.73. The average molecular weight is 184 g/mol. The number of allylic oxidation sites excluding steroid dienone is 1. The quantitative estimate of drug-likeness (QED) is 0.666. The van der Waals surface area contributed by atoms with Crippen molar-refractivity contribution in [1.82, 2.24) is 0 Å². The Hall–Kier alpha value is -0.340. The Bertz CT molecular complexity index is 201. The molecule has 2 heteroatoms. The molecule has 1 rings (SSSR count). The van der Waals surface area contributed by atoms with Crippen molar-refractivity contribution in [2.24, 2.45) is 5.92 Å². The highest BCUT2D eigenvalue weighted by molar-refractivity contribution is 5.11. The lowest BCUT2D eigenvalue weighted by atomic mass is 9.78. The van der Waals surface area contributed by atoms with Gasteiger partial charge >= 0.3 is 0 Å². The van der Waals surface area contributed by atoms with Crippen molar-refractivity contribution < 1.29 is 9.84 Å². The number of methoxy groups -OCH3 is 1. The van der Waals surface area contributed by atoms with E-state index >= 15 is 0 Å². The van der Waals surface area contributed by atoms with Crippen LogP contribution in [-0.4, -0.2) is 23.9 Å². The van der Waals surface area contributed by atoms with Crippen molar-refractivity contribution in [1.29, 1.82) is 0 Å². The van der Waals surface area contributed by atoms with Crippen LogP contribution in [0, 0.1) is 5.92 Å². The van der Waals surface area contributed by atoms with E-state index in [1.54, 1.807) is 7.11 Å². The van der Waals surface area contributed by atoms with Gasteiger partial charge in [0.15, 0.2) is 0 Å². The van der Waals surface area contributed by atoms with Gasteiger partial charge in [0.1, 0.15) is 0 Å². The van der Waals surface area contributed by atoms with Gasteiger partial charge in [-0.3, -0.25) is 0 Å². The number of hydrogen-bond donors (Lipinski definition) is 1. The van der Waals surface area contributed by atoms with Gasteiger partial charge in [0.05, 0.1) is 11.7 Å². The molecule has 0 aromatic rings. The molecule has 0 unspecified atom stereocenters. The summed E-state index contributed by atoms with van der Waals surface area (Å²) in [6.07, 6.45) is 4.28. The molecule has 0 saturated heterocycles. The lowest BCUT2D eigenvalue weighted by Gasteiger charge is -2.35. The first-order valence-electron chi connectivity index (χ1n) is 4.87. The first-order chi connectivity index (χ1) is 5.95. The molecule has 0 amide bonds. The normalized spacial score (nSPS) is 30.1. The van der Waals surface area contributed by atoms with Gasteiger partial charge in [0.2, 0.25) is 0 Å². The molecule has 76 valence electrons. The molecule has 0 spiro atoms. The van der Waals surface area contributed by atoms with Crippen LogP contribution in [0.15, 0.2) is 11.6 Å². The predicted octanol–water partition coefficient (Wildman–Crippen LogP) is 2.13. The molecule has 13 heavy (non-hydrogen) atoms. The van der Waals surface area contributed by atoms with Gasteiger partial charge in [-0.25, -0.2) is 0 Å². The third-order valence-electron chi connectivity index (χ3n) is 3.01. The summed E-state index contributed by atoms with van der Waals surface area (Å²) in [6.45, 7) is 5.84. The molecule has 0 saturated carbocycles. The van der Waals surface area contributed by atoms with Crippen molar-refractivity contribution in [3.05, 3.63) is 11.6 Å². The van der Waals surface area contributed by atoms with Crippen LogP contribution < -0.4 is 0 Å². The van der Waals surface area contributed by atoms with Crippen LogP contribution in [-0.2, 0) is 4.74 Å². The summed E-state index contributed by atoms with van der Waals surface area (Å²) in [6, 6.07) is 0. The molecule has 0 bridgehead atoms. The lowest BCUT2D eigenvalue weighted by molar-refractivity contribution is -0.0130. The van der Waals surface area contributed by atoms with Gasteiger partial charge in [0.25, 0.3) is 0 Å². The van der Waals surface area contributed by atoms with Crippen LogP contribution in [0.1, 0.15) is 33.6 Å². The van der Waals surface area contributed by atoms with Crippen LogP contribution in [0.2, 0.25) is 0 Å². The second-order valence-electron chi connectivity index (χ2n) is 4.49. The van der Waals surface area contributed by atoms with Gasteiger partial charge in [-0.15, -0.1) is 0 Å². The highest BCUT2D eigenvalue weighted by Gasteiger charge is 2.31. The fourth-order valence-corrected chi connectivity index (χ4v) is 1.86. The first-order valence-corrected chi connectivity index (χ1v) is 4.87. The predicted molar refractivity (Wildman–Crippen MR) is 53.6 cm³/mol. The van der Waals surface area contributed by atoms with Crippen LogP contribution in [0.4, 0.5) is 0 Å². The molecule has 2 atom stereocenters. The van der Waals surface area contributed by atoms with Crippen LogP contribution in [0.3, 0.4) is 0 Å². The minimum atomic E-state index is -0.589. The Morgan fingerprint density at radius 3 is 2.62 bits per heavy atom. The topological polar surface area (TPSA) is 29.5 Å². The van der Waals surface area contributed by atoms with Gasteiger partial charge < -0.3 is 9.84 Å². The molecule has 0 radical (unpaired) electrons. The van der Waals surface area contributed by atoms with E-state index in [1.807, 2.05) is 13.8 Å². The number of ether oxygens (including phenoxy) is 1. The highest BCUT2D eigenvalue weighted by atomic mass is 16.5. The van der Waals surface area contributed by atoms with Crippen molar-refractivity contribution in [3.8, 4) is 0 Å². The largest absolute Gasteiger partial charge is 0.390 e. The minimum Gasteiger partial charge on any atom is -0.390 e. The zero-order chi connectivity index (χ0) is 10.1. The minimum absolute atomic E-state index is 0.199. The molecule has 1 aliphatic carbocycles. The fraction of sp³-hybridized carbons (Fsp3) is 0.818. The van der Waals surface area contributed by atoms with Gasteiger partial charge in [-0.2, -0.15) is 0 Å². The lowest BCUT2D eigenvalue weighted by Crippen LogP contribution is -2.36. The number of hydrogen-bond acceptors (Lipinski definition) is 2. The van der Waals surface area contributed by atoms with Gasteiger partial charge in [-0.1, -0.05) is 6.08 Å². The molecular formula is C11H20O2. The monoisotopic (exact) mass is 184 g/mol. The van der Waals surface area contributed by atoms with Crippen molar-refractivity contribution in [2.45, 2.75) is 45.3 Å².